The highest BCUT2D eigenvalue weighted by molar-refractivity contribution is 5.95. The number of benzene rings is 1. The molecule has 0 saturated carbocycles. The van der Waals surface area contributed by atoms with Crippen molar-refractivity contribution in [1.29, 1.82) is 0 Å². The van der Waals surface area contributed by atoms with Crippen molar-refractivity contribution in [3.05, 3.63) is 35.4 Å². The Hall–Kier alpha value is -1.84. The smallest absolute Gasteiger partial charge is 0.307 e. The quantitative estimate of drug-likeness (QED) is 0.607. The number of aryl methyl sites for hydroxylation is 1. The van der Waals surface area contributed by atoms with Crippen LogP contribution in [0.25, 0.3) is 0 Å². The predicted molar refractivity (Wildman–Crippen MR) is 74.0 cm³/mol. The van der Waals surface area contributed by atoms with Gasteiger partial charge in [0.25, 0.3) is 5.91 Å². The Morgan fingerprint density at radius 2 is 2.00 bits per heavy atom. The fourth-order valence-electron chi connectivity index (χ4n) is 1.60. The second-order valence-corrected chi connectivity index (χ2v) is 4.39. The van der Waals surface area contributed by atoms with Crippen molar-refractivity contribution in [2.45, 2.75) is 33.1 Å². The molecule has 104 valence electrons. The molecular weight excluding hydrogens is 242 g/mol. The second-order valence-electron chi connectivity index (χ2n) is 4.39. The van der Waals surface area contributed by atoms with Gasteiger partial charge in [0, 0.05) is 12.1 Å². The Balaban J connectivity index is 2.28. The number of hydrogen-bond acceptors (Lipinski definition) is 3. The molecule has 0 atom stereocenters. The van der Waals surface area contributed by atoms with Crippen molar-refractivity contribution in [2.24, 2.45) is 0 Å². The Bertz CT molecular complexity index is 429. The maximum Gasteiger partial charge on any atom is 0.307 e. The zero-order chi connectivity index (χ0) is 14.1. The van der Waals surface area contributed by atoms with E-state index in [2.05, 4.69) is 5.32 Å². The molecule has 1 aromatic rings. The van der Waals surface area contributed by atoms with Gasteiger partial charge in [-0.25, -0.2) is 0 Å². The number of carbonyl (C=O) groups is 2. The first kappa shape index (κ1) is 15.2. The molecule has 0 spiro atoms. The van der Waals surface area contributed by atoms with E-state index in [-0.39, 0.29) is 18.3 Å². The Morgan fingerprint density at radius 3 is 2.68 bits per heavy atom. The van der Waals surface area contributed by atoms with Crippen molar-refractivity contribution in [3.8, 4) is 0 Å². The summed E-state index contributed by atoms with van der Waals surface area (Å²) >= 11 is 0. The highest BCUT2D eigenvalue weighted by Gasteiger charge is 2.08. The van der Waals surface area contributed by atoms with Gasteiger partial charge < -0.3 is 10.1 Å². The molecule has 0 aromatic heterocycles. The molecule has 1 amide bonds. The number of rotatable bonds is 7. The lowest BCUT2D eigenvalue weighted by molar-refractivity contribution is -0.143. The highest BCUT2D eigenvalue weighted by atomic mass is 16.5. The standard InChI is InChI=1S/C15H21NO3/c1-3-4-11-19-14(17)9-10-16-15(18)13-8-6-5-7-12(13)2/h5-8H,3-4,9-11H2,1-2H3,(H,16,18). The molecule has 1 rings (SSSR count). The van der Waals surface area contributed by atoms with Crippen LogP contribution < -0.4 is 5.32 Å². The molecule has 0 unspecified atom stereocenters. The molecule has 0 heterocycles. The molecule has 19 heavy (non-hydrogen) atoms. The number of amides is 1. The van der Waals surface area contributed by atoms with E-state index in [1.54, 1.807) is 6.07 Å². The molecule has 0 bridgehead atoms. The molecule has 0 radical (unpaired) electrons. The third-order valence-corrected chi connectivity index (χ3v) is 2.77. The molecule has 0 aliphatic rings. The summed E-state index contributed by atoms with van der Waals surface area (Å²) in [7, 11) is 0. The predicted octanol–water partition coefficient (Wildman–Crippen LogP) is 2.46. The third-order valence-electron chi connectivity index (χ3n) is 2.77. The minimum atomic E-state index is -0.265. The largest absolute Gasteiger partial charge is 0.466 e. The van der Waals surface area contributed by atoms with Crippen LogP contribution in [0, 0.1) is 6.92 Å². The van der Waals surface area contributed by atoms with Crippen LogP contribution in [0.2, 0.25) is 0 Å². The van der Waals surface area contributed by atoms with Gasteiger partial charge >= 0.3 is 5.97 Å². The van der Waals surface area contributed by atoms with E-state index in [1.165, 1.54) is 0 Å². The lowest BCUT2D eigenvalue weighted by Gasteiger charge is -2.07. The molecule has 0 fully saturated rings. The topological polar surface area (TPSA) is 55.4 Å². The molecule has 4 nitrogen and oxygen atoms in total. The molecule has 4 heteroatoms. The maximum atomic E-state index is 11.8. The summed E-state index contributed by atoms with van der Waals surface area (Å²) in [6, 6.07) is 7.36. The molecule has 0 aliphatic carbocycles. The highest BCUT2D eigenvalue weighted by Crippen LogP contribution is 2.06. The first-order chi connectivity index (χ1) is 9.15. The normalized spacial score (nSPS) is 10.0. The van der Waals surface area contributed by atoms with Crippen LogP contribution in [0.4, 0.5) is 0 Å². The summed E-state index contributed by atoms with van der Waals surface area (Å²) in [5.74, 6) is -0.419. The van der Waals surface area contributed by atoms with Crippen molar-refractivity contribution < 1.29 is 14.3 Å². The molecule has 0 aliphatic heterocycles. The van der Waals surface area contributed by atoms with E-state index in [1.807, 2.05) is 32.0 Å². The summed E-state index contributed by atoms with van der Waals surface area (Å²) in [5.41, 5.74) is 1.56. The Kier molecular flexibility index (Phi) is 6.64. The molecule has 0 saturated heterocycles. The van der Waals surface area contributed by atoms with E-state index < -0.39 is 0 Å². The van der Waals surface area contributed by atoms with E-state index in [9.17, 15) is 9.59 Å². The number of hydrogen-bond donors (Lipinski definition) is 1. The number of nitrogens with one attached hydrogen (secondary N) is 1. The average Bonchev–Trinajstić information content (AvgIpc) is 2.39. The van der Waals surface area contributed by atoms with Crippen molar-refractivity contribution >= 4 is 11.9 Å². The van der Waals surface area contributed by atoms with Crippen LogP contribution in [0.5, 0.6) is 0 Å². The van der Waals surface area contributed by atoms with E-state index >= 15 is 0 Å². The summed E-state index contributed by atoms with van der Waals surface area (Å²) < 4.78 is 5.00. The maximum absolute atomic E-state index is 11.8. The number of esters is 1. The van der Waals surface area contributed by atoms with Crippen LogP contribution in [0.15, 0.2) is 24.3 Å². The van der Waals surface area contributed by atoms with Gasteiger partial charge in [0.05, 0.1) is 13.0 Å². The summed E-state index contributed by atoms with van der Waals surface area (Å²) in [6.07, 6.45) is 2.08. The van der Waals surface area contributed by atoms with Gasteiger partial charge in [0.1, 0.15) is 0 Å². The van der Waals surface area contributed by atoms with Crippen molar-refractivity contribution in [2.75, 3.05) is 13.2 Å². The molecular formula is C15H21NO3. The number of carbonyl (C=O) groups excluding carboxylic acids is 2. The monoisotopic (exact) mass is 263 g/mol. The fraction of sp³-hybridized carbons (Fsp3) is 0.467. The first-order valence-corrected chi connectivity index (χ1v) is 6.64. The van der Waals surface area contributed by atoms with Gasteiger partial charge in [-0.15, -0.1) is 0 Å². The van der Waals surface area contributed by atoms with Crippen molar-refractivity contribution in [3.63, 3.8) is 0 Å². The van der Waals surface area contributed by atoms with Crippen LogP contribution >= 0.6 is 0 Å². The lowest BCUT2D eigenvalue weighted by atomic mass is 10.1. The summed E-state index contributed by atoms with van der Waals surface area (Å²) in [6.45, 7) is 4.68. The number of unbranched alkanes of at least 4 members (excludes halogenated alkanes) is 1. The zero-order valence-electron chi connectivity index (χ0n) is 11.6. The van der Waals surface area contributed by atoms with E-state index in [0.717, 1.165) is 18.4 Å². The fourth-order valence-corrected chi connectivity index (χ4v) is 1.60. The van der Waals surface area contributed by atoms with Gasteiger partial charge in [0.15, 0.2) is 0 Å². The molecule has 1 N–H and O–H groups in total. The third kappa shape index (κ3) is 5.55. The van der Waals surface area contributed by atoms with E-state index in [0.29, 0.717) is 18.7 Å². The molecule has 1 aromatic carbocycles. The average molecular weight is 263 g/mol. The van der Waals surface area contributed by atoms with Gasteiger partial charge in [0.2, 0.25) is 0 Å². The van der Waals surface area contributed by atoms with Gasteiger partial charge in [-0.2, -0.15) is 0 Å². The van der Waals surface area contributed by atoms with Crippen LogP contribution in [-0.2, 0) is 9.53 Å². The van der Waals surface area contributed by atoms with Crippen molar-refractivity contribution in [1.82, 2.24) is 5.32 Å². The Labute approximate surface area is 114 Å². The lowest BCUT2D eigenvalue weighted by Crippen LogP contribution is -2.27. The zero-order valence-corrected chi connectivity index (χ0v) is 11.6. The van der Waals surface area contributed by atoms with Gasteiger partial charge in [-0.05, 0) is 25.0 Å². The second kappa shape index (κ2) is 8.29. The minimum absolute atomic E-state index is 0.153. The summed E-state index contributed by atoms with van der Waals surface area (Å²) in [4.78, 5) is 23.2. The number of ether oxygens (including phenoxy) is 1. The van der Waals surface area contributed by atoms with Gasteiger partial charge in [-0.3, -0.25) is 9.59 Å². The first-order valence-electron chi connectivity index (χ1n) is 6.64. The van der Waals surface area contributed by atoms with Crippen LogP contribution in [-0.4, -0.2) is 25.0 Å². The SMILES string of the molecule is CCCCOC(=O)CCNC(=O)c1ccccc1C. The summed E-state index contributed by atoms with van der Waals surface area (Å²) in [5, 5.41) is 2.72. The van der Waals surface area contributed by atoms with Crippen LogP contribution in [0.3, 0.4) is 0 Å². The van der Waals surface area contributed by atoms with Gasteiger partial charge in [-0.1, -0.05) is 31.5 Å². The van der Waals surface area contributed by atoms with E-state index in [4.69, 9.17) is 4.74 Å². The minimum Gasteiger partial charge on any atom is -0.466 e. The van der Waals surface area contributed by atoms with Crippen LogP contribution in [0.1, 0.15) is 42.1 Å². The Morgan fingerprint density at radius 1 is 1.26 bits per heavy atom.